The van der Waals surface area contributed by atoms with E-state index in [-0.39, 0.29) is 0 Å². The van der Waals surface area contributed by atoms with Crippen LogP contribution in [-0.2, 0) is 4.79 Å². The molecule has 0 aliphatic rings. The van der Waals surface area contributed by atoms with Crippen LogP contribution in [0.5, 0.6) is 0 Å². The minimum Gasteiger partial charge on any atom is -0.351 e. The van der Waals surface area contributed by atoms with Crippen molar-refractivity contribution in [2.45, 2.75) is 31.1 Å². The molecular weight excluding hydrogens is 266 g/mol. The maximum atomic E-state index is 12.7. The summed E-state index contributed by atoms with van der Waals surface area (Å²) in [6.45, 7) is 0.502. The Kier molecular flexibility index (Phi) is 4.35. The van der Waals surface area contributed by atoms with Crippen molar-refractivity contribution < 1.29 is 39.9 Å². The van der Waals surface area contributed by atoms with Crippen LogP contribution >= 0.6 is 0 Å². The molecule has 10 heteroatoms. The lowest BCUT2D eigenvalue weighted by Gasteiger charge is -2.31. The highest BCUT2D eigenvalue weighted by molar-refractivity contribution is 5.84. The second-order valence-corrected chi connectivity index (χ2v) is 2.93. The van der Waals surface area contributed by atoms with Crippen molar-refractivity contribution in [3.05, 3.63) is 0 Å². The Hall–Kier alpha value is -1.09. The summed E-state index contributed by atoms with van der Waals surface area (Å²) < 4.78 is 98.2. The van der Waals surface area contributed by atoms with Crippen molar-refractivity contribution in [1.29, 1.82) is 0 Å². The first kappa shape index (κ1) is 15.9. The maximum absolute atomic E-state index is 12.7. The molecule has 0 aliphatic carbocycles. The highest BCUT2D eigenvalue weighted by Crippen LogP contribution is 2.48. The molecule has 0 fully saturated rings. The van der Waals surface area contributed by atoms with E-state index in [9.17, 15) is 39.9 Å². The fourth-order valence-corrected chi connectivity index (χ4v) is 0.760. The third-order valence-corrected chi connectivity index (χ3v) is 1.71. The molecule has 0 aromatic heterocycles. The third kappa shape index (κ3) is 2.44. The monoisotopic (exact) mass is 273 g/mol. The predicted molar refractivity (Wildman–Crippen MR) is 39.5 cm³/mol. The topological polar surface area (TPSA) is 29.1 Å². The quantitative estimate of drug-likeness (QED) is 0.765. The Morgan fingerprint density at radius 2 is 1.53 bits per heavy atom. The molecule has 0 spiro atoms. The van der Waals surface area contributed by atoms with Gasteiger partial charge in [-0.1, -0.05) is 0 Å². The standard InChI is InChI=1S/C7H7F8NO/c1-2-16-4(17)6(12,13)7(14,15)5(10,11)3(8)9/h3H,2H2,1H3,(H,16,17). The fourth-order valence-electron chi connectivity index (χ4n) is 0.760. The van der Waals surface area contributed by atoms with Crippen LogP contribution in [-0.4, -0.2) is 36.6 Å². The summed E-state index contributed by atoms with van der Waals surface area (Å²) in [6.07, 6.45) is -5.03. The van der Waals surface area contributed by atoms with Crippen molar-refractivity contribution >= 4 is 5.91 Å². The van der Waals surface area contributed by atoms with E-state index in [1.165, 1.54) is 0 Å². The minimum atomic E-state index is -6.49. The van der Waals surface area contributed by atoms with E-state index < -0.39 is 36.6 Å². The van der Waals surface area contributed by atoms with Gasteiger partial charge in [0.2, 0.25) is 0 Å². The smallest absolute Gasteiger partial charge is 0.351 e. The Bertz CT molecular complexity index is 290. The molecular formula is C7H7F8NO. The summed E-state index contributed by atoms with van der Waals surface area (Å²) in [7, 11) is 0. The molecule has 0 radical (unpaired) electrons. The number of carbonyl (C=O) groups is 1. The van der Waals surface area contributed by atoms with Crippen LogP contribution in [0, 0.1) is 0 Å². The van der Waals surface area contributed by atoms with Crippen molar-refractivity contribution in [3.8, 4) is 0 Å². The third-order valence-electron chi connectivity index (χ3n) is 1.71. The van der Waals surface area contributed by atoms with Crippen molar-refractivity contribution in [1.82, 2.24) is 5.32 Å². The average molecular weight is 273 g/mol. The van der Waals surface area contributed by atoms with E-state index in [2.05, 4.69) is 0 Å². The van der Waals surface area contributed by atoms with Crippen LogP contribution in [0.25, 0.3) is 0 Å². The molecule has 0 rings (SSSR count). The Morgan fingerprint density at radius 1 is 1.12 bits per heavy atom. The van der Waals surface area contributed by atoms with Gasteiger partial charge in [-0.3, -0.25) is 4.79 Å². The zero-order chi connectivity index (χ0) is 14.1. The fraction of sp³-hybridized carbons (Fsp3) is 0.857. The largest absolute Gasteiger partial charge is 0.392 e. The lowest BCUT2D eigenvalue weighted by atomic mass is 10.0. The first-order valence-electron chi connectivity index (χ1n) is 4.12. The van der Waals surface area contributed by atoms with Crippen LogP contribution in [0.2, 0.25) is 0 Å². The van der Waals surface area contributed by atoms with Crippen molar-refractivity contribution in [3.63, 3.8) is 0 Å². The van der Waals surface area contributed by atoms with Gasteiger partial charge in [-0.05, 0) is 6.92 Å². The number of hydrogen-bond acceptors (Lipinski definition) is 1. The molecule has 0 aromatic carbocycles. The highest BCUT2D eigenvalue weighted by atomic mass is 19.4. The number of hydrogen-bond donors (Lipinski definition) is 1. The van der Waals surface area contributed by atoms with Crippen LogP contribution in [0.4, 0.5) is 35.1 Å². The first-order chi connectivity index (χ1) is 7.42. The second kappa shape index (κ2) is 4.65. The summed E-state index contributed by atoms with van der Waals surface area (Å²) in [5, 5.41) is 1.16. The molecule has 0 aliphatic heterocycles. The van der Waals surface area contributed by atoms with Crippen molar-refractivity contribution in [2.75, 3.05) is 6.54 Å². The van der Waals surface area contributed by atoms with Gasteiger partial charge in [0, 0.05) is 6.54 Å². The first-order valence-corrected chi connectivity index (χ1v) is 4.12. The number of nitrogens with one attached hydrogen (secondary N) is 1. The molecule has 17 heavy (non-hydrogen) atoms. The molecule has 0 heterocycles. The molecule has 0 atom stereocenters. The zero-order valence-electron chi connectivity index (χ0n) is 8.22. The van der Waals surface area contributed by atoms with Gasteiger partial charge in [0.25, 0.3) is 5.91 Å². The van der Waals surface area contributed by atoms with Gasteiger partial charge >= 0.3 is 24.2 Å². The molecule has 0 unspecified atom stereocenters. The number of rotatable bonds is 5. The number of halogens is 8. The summed E-state index contributed by atoms with van der Waals surface area (Å²) in [5.74, 6) is -21.5. The van der Waals surface area contributed by atoms with E-state index in [0.717, 1.165) is 12.2 Å². The molecule has 0 aromatic rings. The summed E-state index contributed by atoms with van der Waals surface area (Å²) in [5.41, 5.74) is 0. The molecule has 102 valence electrons. The van der Waals surface area contributed by atoms with E-state index in [1.54, 1.807) is 0 Å². The molecule has 1 N–H and O–H groups in total. The number of carbonyl (C=O) groups excluding carboxylic acids is 1. The van der Waals surface area contributed by atoms with Crippen LogP contribution in [0.15, 0.2) is 0 Å². The van der Waals surface area contributed by atoms with Crippen molar-refractivity contribution in [2.24, 2.45) is 0 Å². The van der Waals surface area contributed by atoms with Gasteiger partial charge in [-0.2, -0.15) is 26.3 Å². The summed E-state index contributed by atoms with van der Waals surface area (Å²) >= 11 is 0. The van der Waals surface area contributed by atoms with E-state index in [0.29, 0.717) is 0 Å². The van der Waals surface area contributed by atoms with Gasteiger partial charge in [0.15, 0.2) is 0 Å². The van der Waals surface area contributed by atoms with E-state index in [1.807, 2.05) is 0 Å². The van der Waals surface area contributed by atoms with Crippen LogP contribution in [0.3, 0.4) is 0 Å². The second-order valence-electron chi connectivity index (χ2n) is 2.93. The van der Waals surface area contributed by atoms with Gasteiger partial charge in [0.1, 0.15) is 0 Å². The number of alkyl halides is 8. The summed E-state index contributed by atoms with van der Waals surface area (Å²) in [4.78, 5) is 10.5. The maximum Gasteiger partial charge on any atom is 0.392 e. The minimum absolute atomic E-state index is 0.551. The predicted octanol–water partition coefficient (Wildman–Crippen LogP) is 2.29. The molecule has 2 nitrogen and oxygen atoms in total. The summed E-state index contributed by atoms with van der Waals surface area (Å²) in [6, 6.07) is 0. The van der Waals surface area contributed by atoms with E-state index >= 15 is 0 Å². The van der Waals surface area contributed by atoms with Gasteiger partial charge in [-0.25, -0.2) is 8.78 Å². The molecule has 1 amide bonds. The number of amides is 1. The average Bonchev–Trinajstić information content (AvgIpc) is 2.17. The van der Waals surface area contributed by atoms with Crippen LogP contribution < -0.4 is 5.32 Å². The lowest BCUT2D eigenvalue weighted by molar-refractivity contribution is -0.327. The Labute approximate surface area is 90.0 Å². The zero-order valence-corrected chi connectivity index (χ0v) is 8.22. The molecule has 0 saturated carbocycles. The Morgan fingerprint density at radius 3 is 1.82 bits per heavy atom. The van der Waals surface area contributed by atoms with Gasteiger partial charge in [-0.15, -0.1) is 0 Å². The van der Waals surface area contributed by atoms with Crippen LogP contribution in [0.1, 0.15) is 6.92 Å². The molecule has 0 bridgehead atoms. The molecule has 0 saturated heterocycles. The highest BCUT2D eigenvalue weighted by Gasteiger charge is 2.78. The van der Waals surface area contributed by atoms with E-state index in [4.69, 9.17) is 0 Å². The van der Waals surface area contributed by atoms with Gasteiger partial charge in [0.05, 0.1) is 0 Å². The lowest BCUT2D eigenvalue weighted by Crippen LogP contribution is -2.63. The SMILES string of the molecule is CCNC(=O)C(F)(F)C(F)(F)C(F)(F)C(F)F. The van der Waals surface area contributed by atoms with Gasteiger partial charge < -0.3 is 5.32 Å². The Balaban J connectivity index is 5.36. The normalized spacial score (nSPS) is 14.0.